The molecular weight excluding hydrogens is 455 g/mol. The van der Waals surface area contributed by atoms with Gasteiger partial charge in [-0.2, -0.15) is 0 Å². The lowest BCUT2D eigenvalue weighted by molar-refractivity contribution is -0.757. The summed E-state index contributed by atoms with van der Waals surface area (Å²) < 4.78 is 43.9. The summed E-state index contributed by atoms with van der Waals surface area (Å²) in [4.78, 5) is 26.7. The number of nitrogens with zero attached hydrogens (tertiary/aromatic N) is 2. The van der Waals surface area contributed by atoms with Crippen LogP contribution in [0, 0.1) is 22.9 Å². The lowest BCUT2D eigenvalue weighted by Gasteiger charge is -2.13. The number of hydrogen-bond acceptors (Lipinski definition) is 7. The molecule has 0 saturated heterocycles. The maximum Gasteiger partial charge on any atom is 0.310 e. The summed E-state index contributed by atoms with van der Waals surface area (Å²) in [6.45, 7) is 1.15. The molecule has 0 N–H and O–H groups in total. The number of halogens is 1. The Balaban J connectivity index is 1.95. The van der Waals surface area contributed by atoms with Gasteiger partial charge >= 0.3 is 5.97 Å². The van der Waals surface area contributed by atoms with Crippen LogP contribution in [0.3, 0.4) is 0 Å². The molecule has 1 heterocycles. The summed E-state index contributed by atoms with van der Waals surface area (Å²) in [6, 6.07) is 13.9. The second-order valence-corrected chi connectivity index (χ2v) is 9.22. The van der Waals surface area contributed by atoms with E-state index in [-0.39, 0.29) is 24.5 Å². The highest BCUT2D eigenvalue weighted by Gasteiger charge is 2.18. The first-order valence-electron chi connectivity index (χ1n) is 9.77. The van der Waals surface area contributed by atoms with Gasteiger partial charge in [-0.25, -0.2) is 12.8 Å². The fourth-order valence-electron chi connectivity index (χ4n) is 3.32. The molecule has 1 aromatic heterocycles. The Bertz CT molecular complexity index is 1270. The predicted molar refractivity (Wildman–Crippen MR) is 117 cm³/mol. The molecular formula is C22H21FN2O7S. The SMILES string of the molecule is Cc1c(CC(=O)OCCO[N+](=O)[O-])cc(-c2ccc(S(C)(=O)=O)cc2)n1-c1ccc(F)cc1. The molecule has 0 aliphatic carbocycles. The Morgan fingerprint density at radius 2 is 1.73 bits per heavy atom. The third-order valence-corrected chi connectivity index (χ3v) is 6.02. The van der Waals surface area contributed by atoms with Gasteiger partial charge in [0.2, 0.25) is 0 Å². The van der Waals surface area contributed by atoms with Crippen LogP contribution in [0.4, 0.5) is 4.39 Å². The zero-order valence-corrected chi connectivity index (χ0v) is 18.7. The van der Waals surface area contributed by atoms with Crippen LogP contribution in [0.1, 0.15) is 11.3 Å². The quantitative estimate of drug-likeness (QED) is 0.201. The number of carbonyl (C=O) groups is 1. The second-order valence-electron chi connectivity index (χ2n) is 7.20. The van der Waals surface area contributed by atoms with Crippen molar-refractivity contribution in [3.63, 3.8) is 0 Å². The summed E-state index contributed by atoms with van der Waals surface area (Å²) in [6.07, 6.45) is 1.01. The van der Waals surface area contributed by atoms with Crippen molar-refractivity contribution in [3.8, 4) is 16.9 Å². The largest absolute Gasteiger partial charge is 0.463 e. The summed E-state index contributed by atoms with van der Waals surface area (Å²) >= 11 is 0. The van der Waals surface area contributed by atoms with Gasteiger partial charge in [0.1, 0.15) is 19.0 Å². The van der Waals surface area contributed by atoms with Gasteiger partial charge in [-0.3, -0.25) is 4.79 Å². The van der Waals surface area contributed by atoms with Crippen molar-refractivity contribution in [1.82, 2.24) is 4.57 Å². The summed E-state index contributed by atoms with van der Waals surface area (Å²) in [7, 11) is -3.37. The Kier molecular flexibility index (Phi) is 7.12. The molecule has 0 amide bonds. The van der Waals surface area contributed by atoms with Crippen molar-refractivity contribution < 1.29 is 32.3 Å². The van der Waals surface area contributed by atoms with Crippen LogP contribution < -0.4 is 0 Å². The molecule has 0 radical (unpaired) electrons. The van der Waals surface area contributed by atoms with Crippen molar-refractivity contribution in [2.45, 2.75) is 18.2 Å². The van der Waals surface area contributed by atoms with Crippen molar-refractivity contribution in [2.24, 2.45) is 0 Å². The van der Waals surface area contributed by atoms with E-state index in [0.717, 1.165) is 6.26 Å². The van der Waals surface area contributed by atoms with Gasteiger partial charge in [0.15, 0.2) is 9.84 Å². The van der Waals surface area contributed by atoms with E-state index < -0.39 is 26.7 Å². The van der Waals surface area contributed by atoms with Crippen LogP contribution >= 0.6 is 0 Å². The van der Waals surface area contributed by atoms with Gasteiger partial charge in [0, 0.05) is 17.6 Å². The van der Waals surface area contributed by atoms with Gasteiger partial charge in [0.25, 0.3) is 5.09 Å². The molecule has 0 aliphatic heterocycles. The van der Waals surface area contributed by atoms with Gasteiger partial charge < -0.3 is 14.1 Å². The zero-order chi connectivity index (χ0) is 24.2. The lowest BCUT2D eigenvalue weighted by atomic mass is 10.1. The van der Waals surface area contributed by atoms with E-state index in [1.165, 1.54) is 24.3 Å². The van der Waals surface area contributed by atoms with Crippen molar-refractivity contribution in [1.29, 1.82) is 0 Å². The number of aromatic nitrogens is 1. The molecule has 0 fully saturated rings. The molecule has 11 heteroatoms. The van der Waals surface area contributed by atoms with E-state index in [9.17, 15) is 27.7 Å². The standard InChI is InChI=1S/C22H21FN2O7S/c1-15-17(14-22(26)31-11-12-32-25(27)28)13-21(24(15)19-7-5-18(23)6-8-19)16-3-9-20(10-4-16)33(2,29)30/h3-10,13H,11-12,14H2,1-2H3. The molecule has 0 unspecified atom stereocenters. The minimum absolute atomic E-state index is 0.104. The molecule has 33 heavy (non-hydrogen) atoms. The first-order chi connectivity index (χ1) is 15.6. The van der Waals surface area contributed by atoms with Crippen molar-refractivity contribution in [2.75, 3.05) is 19.5 Å². The van der Waals surface area contributed by atoms with Gasteiger partial charge in [0.05, 0.1) is 17.0 Å². The Labute approximate surface area is 189 Å². The van der Waals surface area contributed by atoms with Gasteiger partial charge in [-0.15, -0.1) is 10.1 Å². The van der Waals surface area contributed by atoms with Gasteiger partial charge in [-0.1, -0.05) is 12.1 Å². The fourth-order valence-corrected chi connectivity index (χ4v) is 3.95. The average Bonchev–Trinajstić information content (AvgIpc) is 3.07. The molecule has 174 valence electrons. The van der Waals surface area contributed by atoms with Crippen molar-refractivity contribution >= 4 is 15.8 Å². The van der Waals surface area contributed by atoms with Crippen LogP contribution in [-0.4, -0.2) is 43.5 Å². The molecule has 2 aromatic carbocycles. The normalized spacial score (nSPS) is 11.2. The van der Waals surface area contributed by atoms with Crippen LogP contribution in [-0.2, 0) is 30.6 Å². The summed E-state index contributed by atoms with van der Waals surface area (Å²) in [5.74, 6) is -0.997. The Morgan fingerprint density at radius 1 is 1.09 bits per heavy atom. The highest BCUT2D eigenvalue weighted by Crippen LogP contribution is 2.31. The van der Waals surface area contributed by atoms with E-state index in [4.69, 9.17) is 4.74 Å². The van der Waals surface area contributed by atoms with Crippen LogP contribution in [0.15, 0.2) is 59.5 Å². The molecule has 0 saturated carbocycles. The van der Waals surface area contributed by atoms with E-state index >= 15 is 0 Å². The van der Waals surface area contributed by atoms with E-state index in [0.29, 0.717) is 28.2 Å². The first kappa shape index (κ1) is 23.9. The number of rotatable bonds is 9. The van der Waals surface area contributed by atoms with E-state index in [1.807, 2.05) is 4.57 Å². The monoisotopic (exact) mass is 476 g/mol. The Hall–Kier alpha value is -3.73. The number of esters is 1. The smallest absolute Gasteiger partial charge is 0.310 e. The van der Waals surface area contributed by atoms with Gasteiger partial charge in [-0.05, 0) is 60.5 Å². The van der Waals surface area contributed by atoms with E-state index in [1.54, 1.807) is 37.3 Å². The number of hydrogen-bond donors (Lipinski definition) is 0. The lowest BCUT2D eigenvalue weighted by Crippen LogP contribution is -2.14. The molecule has 3 aromatic rings. The number of ether oxygens (including phenoxy) is 1. The molecule has 0 aliphatic rings. The molecule has 0 bridgehead atoms. The third kappa shape index (κ3) is 5.95. The minimum Gasteiger partial charge on any atom is -0.463 e. The minimum atomic E-state index is -3.37. The molecule has 9 nitrogen and oxygen atoms in total. The fraction of sp³-hybridized carbons (Fsp3) is 0.227. The van der Waals surface area contributed by atoms with E-state index in [2.05, 4.69) is 4.84 Å². The summed E-state index contributed by atoms with van der Waals surface area (Å²) in [5, 5.41) is 9.20. The highest BCUT2D eigenvalue weighted by atomic mass is 32.2. The average molecular weight is 476 g/mol. The molecule has 0 atom stereocenters. The Morgan fingerprint density at radius 3 is 2.30 bits per heavy atom. The molecule has 3 rings (SSSR count). The summed E-state index contributed by atoms with van der Waals surface area (Å²) in [5.41, 5.74) is 3.33. The van der Waals surface area contributed by atoms with Crippen LogP contribution in [0.5, 0.6) is 0 Å². The second kappa shape index (κ2) is 9.82. The van der Waals surface area contributed by atoms with Crippen LogP contribution in [0.25, 0.3) is 16.9 Å². The van der Waals surface area contributed by atoms with Crippen LogP contribution in [0.2, 0.25) is 0 Å². The van der Waals surface area contributed by atoms with Crippen molar-refractivity contribution in [3.05, 3.63) is 81.8 Å². The third-order valence-electron chi connectivity index (χ3n) is 4.89. The first-order valence-corrected chi connectivity index (χ1v) is 11.7. The topological polar surface area (TPSA) is 118 Å². The predicted octanol–water partition coefficient (Wildman–Crippen LogP) is 3.29. The number of sulfone groups is 1. The maximum atomic E-state index is 13.5. The highest BCUT2D eigenvalue weighted by molar-refractivity contribution is 7.90. The maximum absolute atomic E-state index is 13.5. The number of benzene rings is 2. The molecule has 0 spiro atoms. The zero-order valence-electron chi connectivity index (χ0n) is 17.9. The number of carbonyl (C=O) groups excluding carboxylic acids is 1.